The summed E-state index contributed by atoms with van der Waals surface area (Å²) in [5.41, 5.74) is 6.42. The first-order chi connectivity index (χ1) is 8.52. The van der Waals surface area contributed by atoms with Crippen LogP contribution < -0.4 is 10.6 Å². The lowest BCUT2D eigenvalue weighted by Gasteiger charge is -2.26. The first-order valence-electron chi connectivity index (χ1n) is 6.20. The molecule has 1 saturated heterocycles. The van der Waals surface area contributed by atoms with Gasteiger partial charge >= 0.3 is 6.18 Å². The molecule has 2 aliphatic heterocycles. The summed E-state index contributed by atoms with van der Waals surface area (Å²) in [6.07, 6.45) is -1.84. The van der Waals surface area contributed by atoms with Gasteiger partial charge in [0.15, 0.2) is 0 Å². The Kier molecular flexibility index (Phi) is 2.55. The highest BCUT2D eigenvalue weighted by molar-refractivity contribution is 5.64. The van der Waals surface area contributed by atoms with Gasteiger partial charge in [-0.3, -0.25) is 0 Å². The molecular formula is C13H15F3N2. The van der Waals surface area contributed by atoms with Crippen LogP contribution in [0.5, 0.6) is 0 Å². The SMILES string of the molecule is NCC1CCC2Cc3c(cccc3C(F)(F)F)N12. The molecule has 0 spiro atoms. The summed E-state index contributed by atoms with van der Waals surface area (Å²) in [5.74, 6) is 0. The predicted molar refractivity (Wildman–Crippen MR) is 63.5 cm³/mol. The normalized spacial score (nSPS) is 26.3. The van der Waals surface area contributed by atoms with Gasteiger partial charge in [0.2, 0.25) is 0 Å². The third-order valence-corrected chi connectivity index (χ3v) is 4.07. The molecule has 2 atom stereocenters. The van der Waals surface area contributed by atoms with Crippen molar-refractivity contribution in [2.45, 2.75) is 37.5 Å². The Bertz CT molecular complexity index is 470. The van der Waals surface area contributed by atoms with Crippen LogP contribution in [0.2, 0.25) is 0 Å². The molecule has 1 aromatic rings. The molecule has 0 aliphatic carbocycles. The van der Waals surface area contributed by atoms with E-state index in [2.05, 4.69) is 4.90 Å². The molecule has 0 amide bonds. The number of nitrogens with two attached hydrogens (primary N) is 1. The first kappa shape index (κ1) is 11.8. The monoisotopic (exact) mass is 256 g/mol. The number of hydrogen-bond acceptors (Lipinski definition) is 2. The van der Waals surface area contributed by atoms with E-state index in [1.807, 2.05) is 0 Å². The van der Waals surface area contributed by atoms with Crippen LogP contribution in [0.4, 0.5) is 18.9 Å². The largest absolute Gasteiger partial charge is 0.416 e. The Hall–Kier alpha value is -1.23. The van der Waals surface area contributed by atoms with Gasteiger partial charge in [0, 0.05) is 24.3 Å². The summed E-state index contributed by atoms with van der Waals surface area (Å²) in [6.45, 7) is 0.506. The topological polar surface area (TPSA) is 29.3 Å². The fraction of sp³-hybridized carbons (Fsp3) is 0.538. The number of benzene rings is 1. The minimum atomic E-state index is -4.26. The van der Waals surface area contributed by atoms with E-state index in [9.17, 15) is 13.2 Å². The third-order valence-electron chi connectivity index (χ3n) is 4.07. The third kappa shape index (κ3) is 1.61. The Labute approximate surface area is 104 Å². The zero-order valence-electron chi connectivity index (χ0n) is 9.87. The predicted octanol–water partition coefficient (Wildman–Crippen LogP) is 2.56. The van der Waals surface area contributed by atoms with Crippen LogP contribution >= 0.6 is 0 Å². The summed E-state index contributed by atoms with van der Waals surface area (Å²) in [6, 6.07) is 4.87. The van der Waals surface area contributed by atoms with Crippen molar-refractivity contribution in [1.82, 2.24) is 0 Å². The van der Waals surface area contributed by atoms with Gasteiger partial charge in [-0.15, -0.1) is 0 Å². The van der Waals surface area contributed by atoms with Crippen molar-refractivity contribution in [2.24, 2.45) is 5.73 Å². The van der Waals surface area contributed by atoms with Crippen LogP contribution in [-0.2, 0) is 12.6 Å². The van der Waals surface area contributed by atoms with Gasteiger partial charge in [-0.2, -0.15) is 13.2 Å². The lowest BCUT2D eigenvalue weighted by Crippen LogP contribution is -2.37. The van der Waals surface area contributed by atoms with E-state index in [4.69, 9.17) is 5.73 Å². The molecule has 5 heteroatoms. The Morgan fingerprint density at radius 3 is 2.72 bits per heavy atom. The molecule has 0 radical (unpaired) electrons. The summed E-state index contributed by atoms with van der Waals surface area (Å²) in [5, 5.41) is 0. The fourth-order valence-corrected chi connectivity index (χ4v) is 3.32. The van der Waals surface area contributed by atoms with Crippen LogP contribution in [0, 0.1) is 0 Å². The Morgan fingerprint density at radius 2 is 2.06 bits per heavy atom. The maximum absolute atomic E-state index is 13.0. The number of hydrogen-bond donors (Lipinski definition) is 1. The molecule has 2 nitrogen and oxygen atoms in total. The van der Waals surface area contributed by atoms with E-state index in [1.165, 1.54) is 12.1 Å². The summed E-state index contributed by atoms with van der Waals surface area (Å²) in [4.78, 5) is 2.10. The van der Waals surface area contributed by atoms with Crippen molar-refractivity contribution in [2.75, 3.05) is 11.4 Å². The summed E-state index contributed by atoms with van der Waals surface area (Å²) >= 11 is 0. The molecule has 3 rings (SSSR count). The highest BCUT2D eigenvalue weighted by Gasteiger charge is 2.43. The van der Waals surface area contributed by atoms with Crippen molar-refractivity contribution in [3.63, 3.8) is 0 Å². The Balaban J connectivity index is 2.07. The second-order valence-electron chi connectivity index (χ2n) is 5.03. The van der Waals surface area contributed by atoms with Crippen molar-refractivity contribution in [3.8, 4) is 0 Å². The van der Waals surface area contributed by atoms with Gasteiger partial charge < -0.3 is 10.6 Å². The highest BCUT2D eigenvalue weighted by atomic mass is 19.4. The minimum absolute atomic E-state index is 0.194. The lowest BCUT2D eigenvalue weighted by molar-refractivity contribution is -0.138. The molecule has 2 N–H and O–H groups in total. The van der Waals surface area contributed by atoms with Gasteiger partial charge in [-0.1, -0.05) is 6.07 Å². The number of halogens is 3. The molecule has 0 aromatic heterocycles. The maximum Gasteiger partial charge on any atom is 0.416 e. The van der Waals surface area contributed by atoms with Gasteiger partial charge in [0.1, 0.15) is 0 Å². The van der Waals surface area contributed by atoms with Gasteiger partial charge in [0.05, 0.1) is 5.56 Å². The van der Waals surface area contributed by atoms with Crippen LogP contribution in [0.3, 0.4) is 0 Å². The van der Waals surface area contributed by atoms with Crippen molar-refractivity contribution in [1.29, 1.82) is 0 Å². The van der Waals surface area contributed by atoms with Crippen molar-refractivity contribution in [3.05, 3.63) is 29.3 Å². The molecule has 0 bridgehead atoms. The van der Waals surface area contributed by atoms with Crippen LogP contribution in [0.25, 0.3) is 0 Å². The van der Waals surface area contributed by atoms with Gasteiger partial charge in [-0.25, -0.2) is 0 Å². The average Bonchev–Trinajstić information content (AvgIpc) is 2.84. The van der Waals surface area contributed by atoms with Crippen LogP contribution in [-0.4, -0.2) is 18.6 Å². The van der Waals surface area contributed by atoms with Crippen molar-refractivity contribution >= 4 is 5.69 Å². The van der Waals surface area contributed by atoms with E-state index in [0.29, 0.717) is 18.5 Å². The fourth-order valence-electron chi connectivity index (χ4n) is 3.32. The van der Waals surface area contributed by atoms with E-state index in [1.54, 1.807) is 6.07 Å². The maximum atomic E-state index is 13.0. The van der Waals surface area contributed by atoms with E-state index in [-0.39, 0.29) is 12.1 Å². The van der Waals surface area contributed by atoms with E-state index < -0.39 is 11.7 Å². The quantitative estimate of drug-likeness (QED) is 0.836. The van der Waals surface area contributed by atoms with Crippen LogP contribution in [0.1, 0.15) is 24.0 Å². The first-order valence-corrected chi connectivity index (χ1v) is 6.20. The molecule has 0 saturated carbocycles. The van der Waals surface area contributed by atoms with E-state index in [0.717, 1.165) is 18.5 Å². The number of anilines is 1. The zero-order valence-corrected chi connectivity index (χ0v) is 9.87. The summed E-state index contributed by atoms with van der Waals surface area (Å²) in [7, 11) is 0. The van der Waals surface area contributed by atoms with Gasteiger partial charge in [-0.05, 0) is 37.0 Å². The highest BCUT2D eigenvalue weighted by Crippen LogP contribution is 2.45. The van der Waals surface area contributed by atoms with Crippen molar-refractivity contribution < 1.29 is 13.2 Å². The lowest BCUT2D eigenvalue weighted by atomic mass is 10.0. The standard InChI is InChI=1S/C13H15F3N2/c14-13(15,16)11-2-1-3-12-10(11)6-8-4-5-9(7-17)18(8)12/h1-3,8-9H,4-7,17H2. The smallest absolute Gasteiger partial charge is 0.364 e. The molecule has 18 heavy (non-hydrogen) atoms. The average molecular weight is 256 g/mol. The molecule has 98 valence electrons. The minimum Gasteiger partial charge on any atom is -0.364 e. The molecule has 2 unspecified atom stereocenters. The van der Waals surface area contributed by atoms with Gasteiger partial charge in [0.25, 0.3) is 0 Å². The molecule has 2 aliphatic rings. The zero-order chi connectivity index (χ0) is 12.9. The Morgan fingerprint density at radius 1 is 1.28 bits per heavy atom. The summed E-state index contributed by atoms with van der Waals surface area (Å²) < 4.78 is 38.9. The molecule has 1 aromatic carbocycles. The number of fused-ring (bicyclic) bond motifs is 3. The molecule has 1 fully saturated rings. The second-order valence-corrected chi connectivity index (χ2v) is 5.03. The second kappa shape index (κ2) is 3.88. The number of alkyl halides is 3. The number of nitrogens with zero attached hydrogens (tertiary/aromatic N) is 1. The molecular weight excluding hydrogens is 241 g/mol. The molecule has 2 heterocycles. The van der Waals surface area contributed by atoms with E-state index >= 15 is 0 Å². The van der Waals surface area contributed by atoms with Crippen LogP contribution in [0.15, 0.2) is 18.2 Å². The number of rotatable bonds is 1.